The van der Waals surface area contributed by atoms with E-state index in [-0.39, 0.29) is 0 Å². The van der Waals surface area contributed by atoms with Crippen LogP contribution in [0.25, 0.3) is 0 Å². The lowest BCUT2D eigenvalue weighted by atomic mass is 9.96. The van der Waals surface area contributed by atoms with Crippen LogP contribution in [0.3, 0.4) is 0 Å². The van der Waals surface area contributed by atoms with E-state index in [9.17, 15) is 0 Å². The molecule has 1 unspecified atom stereocenters. The first kappa shape index (κ1) is 13.8. The van der Waals surface area contributed by atoms with Gasteiger partial charge in [-0.1, -0.05) is 49.3 Å². The van der Waals surface area contributed by atoms with Crippen LogP contribution in [0.1, 0.15) is 42.5 Å². The van der Waals surface area contributed by atoms with E-state index in [0.717, 1.165) is 18.0 Å². The molecule has 0 saturated heterocycles. The molecule has 0 aliphatic heterocycles. The van der Waals surface area contributed by atoms with Crippen LogP contribution in [0.4, 0.5) is 0 Å². The van der Waals surface area contributed by atoms with E-state index in [4.69, 9.17) is 4.52 Å². The van der Waals surface area contributed by atoms with Crippen molar-refractivity contribution in [2.24, 2.45) is 5.92 Å². The predicted molar refractivity (Wildman–Crippen MR) is 76.8 cm³/mol. The van der Waals surface area contributed by atoms with Crippen LogP contribution < -0.4 is 5.32 Å². The molecule has 19 heavy (non-hydrogen) atoms. The molecule has 1 atom stereocenters. The molecule has 0 amide bonds. The van der Waals surface area contributed by atoms with E-state index in [1.54, 1.807) is 0 Å². The Balaban J connectivity index is 2.11. The summed E-state index contributed by atoms with van der Waals surface area (Å²) in [5.41, 5.74) is 3.46. The van der Waals surface area contributed by atoms with Crippen molar-refractivity contribution in [2.75, 3.05) is 0 Å². The van der Waals surface area contributed by atoms with E-state index in [1.165, 1.54) is 11.1 Å². The van der Waals surface area contributed by atoms with Gasteiger partial charge in [-0.15, -0.1) is 0 Å². The Hall–Kier alpha value is -1.61. The summed E-state index contributed by atoms with van der Waals surface area (Å²) in [5.74, 6) is 1.43. The minimum atomic E-state index is 0.342. The zero-order valence-corrected chi connectivity index (χ0v) is 12.1. The lowest BCUT2D eigenvalue weighted by molar-refractivity contribution is 0.387. The number of hydrogen-bond acceptors (Lipinski definition) is 3. The maximum atomic E-state index is 5.20. The fourth-order valence-electron chi connectivity index (χ4n) is 2.37. The van der Waals surface area contributed by atoms with E-state index in [2.05, 4.69) is 54.7 Å². The maximum Gasteiger partial charge on any atom is 0.138 e. The molecule has 3 heteroatoms. The van der Waals surface area contributed by atoms with Crippen molar-refractivity contribution in [1.82, 2.24) is 10.5 Å². The summed E-state index contributed by atoms with van der Waals surface area (Å²) in [6.07, 6.45) is 0. The second-order valence-corrected chi connectivity index (χ2v) is 5.32. The van der Waals surface area contributed by atoms with Crippen molar-refractivity contribution in [3.63, 3.8) is 0 Å². The average molecular weight is 258 g/mol. The van der Waals surface area contributed by atoms with Gasteiger partial charge in [-0.25, -0.2) is 0 Å². The smallest absolute Gasteiger partial charge is 0.138 e. The van der Waals surface area contributed by atoms with E-state index in [1.807, 2.05) is 13.8 Å². The van der Waals surface area contributed by atoms with Crippen molar-refractivity contribution >= 4 is 0 Å². The second-order valence-electron chi connectivity index (χ2n) is 5.32. The summed E-state index contributed by atoms with van der Waals surface area (Å²) in [6, 6.07) is 10.9. The zero-order chi connectivity index (χ0) is 13.8. The highest BCUT2D eigenvalue weighted by Crippen LogP contribution is 2.22. The molecule has 3 nitrogen and oxygen atoms in total. The summed E-state index contributed by atoms with van der Waals surface area (Å²) in [6.45, 7) is 9.21. The lowest BCUT2D eigenvalue weighted by Gasteiger charge is -2.23. The summed E-state index contributed by atoms with van der Waals surface area (Å²) < 4.78 is 5.20. The number of aromatic nitrogens is 1. The number of nitrogens with zero attached hydrogens (tertiary/aromatic N) is 1. The van der Waals surface area contributed by atoms with Crippen LogP contribution in [0, 0.1) is 19.8 Å². The number of aryl methyl sites for hydroxylation is 2. The zero-order valence-electron chi connectivity index (χ0n) is 12.1. The van der Waals surface area contributed by atoms with Crippen LogP contribution in [-0.2, 0) is 6.54 Å². The third kappa shape index (κ3) is 3.24. The fourth-order valence-corrected chi connectivity index (χ4v) is 2.37. The quantitative estimate of drug-likeness (QED) is 0.887. The van der Waals surface area contributed by atoms with Crippen molar-refractivity contribution in [3.05, 3.63) is 52.9 Å². The summed E-state index contributed by atoms with van der Waals surface area (Å²) in [4.78, 5) is 0. The van der Waals surface area contributed by atoms with Crippen molar-refractivity contribution in [2.45, 2.75) is 40.3 Å². The first-order chi connectivity index (χ1) is 9.09. The monoisotopic (exact) mass is 258 g/mol. The largest absolute Gasteiger partial charge is 0.361 e. The van der Waals surface area contributed by atoms with Gasteiger partial charge in [0, 0.05) is 18.2 Å². The van der Waals surface area contributed by atoms with Crippen LogP contribution in [0.15, 0.2) is 34.9 Å². The van der Waals surface area contributed by atoms with Crippen LogP contribution in [0.2, 0.25) is 0 Å². The van der Waals surface area contributed by atoms with Gasteiger partial charge in [0.05, 0.1) is 5.69 Å². The Labute approximate surface area is 115 Å². The molecule has 2 aromatic rings. The van der Waals surface area contributed by atoms with Gasteiger partial charge in [0.15, 0.2) is 0 Å². The molecule has 1 aromatic heterocycles. The SMILES string of the molecule is Cc1noc(C)c1CNC(c1ccccc1)C(C)C. The minimum absolute atomic E-state index is 0.342. The lowest BCUT2D eigenvalue weighted by Crippen LogP contribution is -2.25. The highest BCUT2D eigenvalue weighted by Gasteiger charge is 2.17. The highest BCUT2D eigenvalue weighted by molar-refractivity contribution is 5.23. The van der Waals surface area contributed by atoms with Gasteiger partial charge in [0.2, 0.25) is 0 Å². The van der Waals surface area contributed by atoms with Gasteiger partial charge in [-0.3, -0.25) is 0 Å². The van der Waals surface area contributed by atoms with Crippen molar-refractivity contribution < 1.29 is 4.52 Å². The molecule has 0 radical (unpaired) electrons. The number of hydrogen-bond donors (Lipinski definition) is 1. The number of rotatable bonds is 5. The van der Waals surface area contributed by atoms with E-state index in [0.29, 0.717) is 12.0 Å². The van der Waals surface area contributed by atoms with Crippen molar-refractivity contribution in [3.8, 4) is 0 Å². The van der Waals surface area contributed by atoms with Crippen molar-refractivity contribution in [1.29, 1.82) is 0 Å². The molecule has 1 heterocycles. The molecule has 1 aromatic carbocycles. The Morgan fingerprint density at radius 2 is 1.84 bits per heavy atom. The Bertz CT molecular complexity index is 497. The molecule has 0 aliphatic rings. The van der Waals surface area contributed by atoms with Gasteiger partial charge in [0.25, 0.3) is 0 Å². The van der Waals surface area contributed by atoms with E-state index < -0.39 is 0 Å². The molecule has 0 bridgehead atoms. The number of nitrogens with one attached hydrogen (secondary N) is 1. The molecule has 102 valence electrons. The molecule has 2 rings (SSSR count). The Kier molecular flexibility index (Phi) is 4.38. The van der Waals surface area contributed by atoms with E-state index >= 15 is 0 Å². The normalized spacial score (nSPS) is 12.9. The topological polar surface area (TPSA) is 38.1 Å². The predicted octanol–water partition coefficient (Wildman–Crippen LogP) is 3.78. The number of benzene rings is 1. The summed E-state index contributed by atoms with van der Waals surface area (Å²) in [7, 11) is 0. The van der Waals surface area contributed by atoms with Crippen LogP contribution in [0.5, 0.6) is 0 Å². The fraction of sp³-hybridized carbons (Fsp3) is 0.438. The Morgan fingerprint density at radius 3 is 2.37 bits per heavy atom. The summed E-state index contributed by atoms with van der Waals surface area (Å²) in [5, 5.41) is 7.62. The van der Waals surface area contributed by atoms with Crippen LogP contribution >= 0.6 is 0 Å². The highest BCUT2D eigenvalue weighted by atomic mass is 16.5. The van der Waals surface area contributed by atoms with Gasteiger partial charge in [0.1, 0.15) is 5.76 Å². The first-order valence-electron chi connectivity index (χ1n) is 6.79. The van der Waals surface area contributed by atoms with Gasteiger partial charge in [-0.2, -0.15) is 0 Å². The standard InChI is InChI=1S/C16H22N2O/c1-11(2)16(14-8-6-5-7-9-14)17-10-15-12(3)18-19-13(15)4/h5-9,11,16-17H,10H2,1-4H3. The average Bonchev–Trinajstić information content (AvgIpc) is 2.71. The van der Waals surface area contributed by atoms with Crippen LogP contribution in [-0.4, -0.2) is 5.16 Å². The molecular formula is C16H22N2O. The first-order valence-corrected chi connectivity index (χ1v) is 6.79. The molecular weight excluding hydrogens is 236 g/mol. The third-order valence-electron chi connectivity index (χ3n) is 3.51. The van der Waals surface area contributed by atoms with Gasteiger partial charge >= 0.3 is 0 Å². The summed E-state index contributed by atoms with van der Waals surface area (Å²) >= 11 is 0. The van der Waals surface area contributed by atoms with Gasteiger partial charge < -0.3 is 9.84 Å². The minimum Gasteiger partial charge on any atom is -0.361 e. The third-order valence-corrected chi connectivity index (χ3v) is 3.51. The second kappa shape index (κ2) is 6.02. The molecule has 0 saturated carbocycles. The van der Waals surface area contributed by atoms with Gasteiger partial charge in [-0.05, 0) is 25.3 Å². The molecule has 0 spiro atoms. The maximum absolute atomic E-state index is 5.20. The molecule has 0 aliphatic carbocycles. The Morgan fingerprint density at radius 1 is 1.16 bits per heavy atom. The molecule has 0 fully saturated rings. The molecule has 1 N–H and O–H groups in total.